The first-order valence-electron chi connectivity index (χ1n) is 8.72. The van der Waals surface area contributed by atoms with Crippen LogP contribution in [0.2, 0.25) is 6.04 Å². The van der Waals surface area contributed by atoms with E-state index in [1.807, 2.05) is 12.3 Å². The Hall–Kier alpha value is -1.27. The number of pyridine rings is 1. The summed E-state index contributed by atoms with van der Waals surface area (Å²) in [6, 6.07) is 11.4. The predicted octanol–water partition coefficient (Wildman–Crippen LogP) is 4.61. The molecule has 0 bridgehead atoms. The summed E-state index contributed by atoms with van der Waals surface area (Å²) in [6.45, 7) is 0. The molecule has 0 unspecified atom stereocenters. The van der Waals surface area contributed by atoms with Gasteiger partial charge in [-0.2, -0.15) is 0 Å². The molecule has 1 heterocycles. The summed E-state index contributed by atoms with van der Waals surface area (Å²) in [6.07, 6.45) is 9.10. The molecule has 2 rings (SSSR count). The fourth-order valence-electron chi connectivity index (χ4n) is 3.01. The fourth-order valence-corrected chi connectivity index (χ4v) is 4.81. The summed E-state index contributed by atoms with van der Waals surface area (Å²) in [7, 11) is 2.66. The maximum absolute atomic E-state index is 5.44. The molecule has 1 aromatic carbocycles. The van der Waals surface area contributed by atoms with Gasteiger partial charge in [0.25, 0.3) is 0 Å². The Morgan fingerprint density at radius 2 is 1.54 bits per heavy atom. The molecule has 132 valence electrons. The highest BCUT2D eigenvalue weighted by Gasteiger charge is 2.36. The number of fused-ring (bicyclic) bond motifs is 1. The van der Waals surface area contributed by atoms with Gasteiger partial charge in [-0.3, -0.25) is 4.98 Å². The lowest BCUT2D eigenvalue weighted by molar-refractivity contribution is 0.122. The van der Waals surface area contributed by atoms with Gasteiger partial charge in [0.1, 0.15) is 0 Å². The monoisotopic (exact) mass is 347 g/mol. The van der Waals surface area contributed by atoms with Crippen molar-refractivity contribution in [3.63, 3.8) is 0 Å². The first kappa shape index (κ1) is 19.1. The normalized spacial score (nSPS) is 12.0. The average molecular weight is 348 g/mol. The molecule has 0 aliphatic heterocycles. The molecule has 0 radical (unpaired) electrons. The van der Waals surface area contributed by atoms with Crippen LogP contribution in [0.3, 0.4) is 0 Å². The van der Waals surface area contributed by atoms with Gasteiger partial charge < -0.3 is 13.3 Å². The second-order valence-electron chi connectivity index (χ2n) is 6.10. The summed E-state index contributed by atoms with van der Waals surface area (Å²) in [5.74, 6) is 0. The van der Waals surface area contributed by atoms with Crippen molar-refractivity contribution >= 4 is 19.7 Å². The number of hydrogen-bond acceptors (Lipinski definition) is 4. The number of para-hydroxylation sites is 1. The van der Waals surface area contributed by atoms with E-state index in [1.165, 1.54) is 36.6 Å². The molecule has 24 heavy (non-hydrogen) atoms. The minimum Gasteiger partial charge on any atom is -0.377 e. The highest BCUT2D eigenvalue weighted by molar-refractivity contribution is 6.60. The lowest BCUT2D eigenvalue weighted by Gasteiger charge is -2.24. The van der Waals surface area contributed by atoms with Crippen LogP contribution < -0.4 is 0 Å². The standard InChI is InChI=1S/C19H29NO3Si/c1-21-24(22-2,23-3)14-10-6-4-5-7-11-17-15-18-12-8-9-13-19(18)20-16-17/h8-9,12-13,15-16H,4-7,10-11,14H2,1-3H3. The van der Waals surface area contributed by atoms with Gasteiger partial charge in [0.05, 0.1) is 5.52 Å². The summed E-state index contributed by atoms with van der Waals surface area (Å²) >= 11 is 0. The zero-order valence-corrected chi connectivity index (χ0v) is 16.1. The largest absolute Gasteiger partial charge is 0.500 e. The van der Waals surface area contributed by atoms with Crippen LogP contribution in [0.25, 0.3) is 10.9 Å². The van der Waals surface area contributed by atoms with Gasteiger partial charge in [-0.25, -0.2) is 0 Å². The summed E-state index contributed by atoms with van der Waals surface area (Å²) in [5, 5.41) is 1.23. The average Bonchev–Trinajstić information content (AvgIpc) is 2.64. The number of unbranched alkanes of at least 4 members (excludes halogenated alkanes) is 4. The van der Waals surface area contributed by atoms with Crippen molar-refractivity contribution in [2.24, 2.45) is 0 Å². The van der Waals surface area contributed by atoms with Crippen molar-refractivity contribution in [2.45, 2.75) is 44.6 Å². The molecule has 0 saturated carbocycles. The van der Waals surface area contributed by atoms with Gasteiger partial charge in [0, 0.05) is 39.0 Å². The van der Waals surface area contributed by atoms with Crippen molar-refractivity contribution in [3.05, 3.63) is 42.1 Å². The number of nitrogens with zero attached hydrogens (tertiary/aromatic N) is 1. The van der Waals surface area contributed by atoms with Crippen LogP contribution in [0.4, 0.5) is 0 Å². The van der Waals surface area contributed by atoms with Crippen LogP contribution in [0.15, 0.2) is 36.5 Å². The second-order valence-corrected chi connectivity index (χ2v) is 9.19. The van der Waals surface area contributed by atoms with Crippen molar-refractivity contribution in [1.29, 1.82) is 0 Å². The van der Waals surface area contributed by atoms with Crippen LogP contribution >= 0.6 is 0 Å². The molecule has 4 nitrogen and oxygen atoms in total. The molecule has 1 aromatic heterocycles. The topological polar surface area (TPSA) is 40.6 Å². The first-order chi connectivity index (χ1) is 11.7. The Balaban J connectivity index is 1.64. The van der Waals surface area contributed by atoms with Crippen molar-refractivity contribution in [2.75, 3.05) is 21.3 Å². The Morgan fingerprint density at radius 1 is 0.875 bits per heavy atom. The van der Waals surface area contributed by atoms with Gasteiger partial charge in [-0.05, 0) is 37.0 Å². The second kappa shape index (κ2) is 9.89. The van der Waals surface area contributed by atoms with Crippen LogP contribution in [-0.4, -0.2) is 35.1 Å². The van der Waals surface area contributed by atoms with E-state index in [-0.39, 0.29) is 0 Å². The Bertz CT molecular complexity index is 608. The van der Waals surface area contributed by atoms with E-state index in [2.05, 4.69) is 29.2 Å². The quantitative estimate of drug-likeness (QED) is 0.440. The molecule has 0 atom stereocenters. The van der Waals surface area contributed by atoms with Crippen molar-refractivity contribution in [1.82, 2.24) is 4.98 Å². The zero-order chi connectivity index (χ0) is 17.3. The van der Waals surface area contributed by atoms with Crippen LogP contribution in [0.5, 0.6) is 0 Å². The van der Waals surface area contributed by atoms with E-state index < -0.39 is 8.80 Å². The predicted molar refractivity (Wildman–Crippen MR) is 100 cm³/mol. The maximum Gasteiger partial charge on any atom is 0.500 e. The van der Waals surface area contributed by atoms with E-state index in [4.69, 9.17) is 13.3 Å². The summed E-state index contributed by atoms with van der Waals surface area (Å²) < 4.78 is 16.3. The zero-order valence-electron chi connectivity index (χ0n) is 15.1. The van der Waals surface area contributed by atoms with Gasteiger partial charge in [-0.15, -0.1) is 0 Å². The number of benzene rings is 1. The first-order valence-corrected chi connectivity index (χ1v) is 10.7. The number of rotatable bonds is 11. The maximum atomic E-state index is 5.44. The Morgan fingerprint density at radius 3 is 2.29 bits per heavy atom. The molecule has 0 fully saturated rings. The molecule has 0 N–H and O–H groups in total. The van der Waals surface area contributed by atoms with E-state index in [0.29, 0.717) is 0 Å². The van der Waals surface area contributed by atoms with E-state index in [9.17, 15) is 0 Å². The van der Waals surface area contributed by atoms with E-state index >= 15 is 0 Å². The van der Waals surface area contributed by atoms with Gasteiger partial charge in [0.15, 0.2) is 0 Å². The van der Waals surface area contributed by atoms with E-state index in [0.717, 1.165) is 24.4 Å². The number of aryl methyl sites for hydroxylation is 1. The van der Waals surface area contributed by atoms with Gasteiger partial charge in [0.2, 0.25) is 0 Å². The van der Waals surface area contributed by atoms with Crippen molar-refractivity contribution < 1.29 is 13.3 Å². The molecule has 0 aliphatic rings. The molecule has 0 amide bonds. The Labute approximate surface area is 146 Å². The third-order valence-corrected chi connectivity index (χ3v) is 7.36. The highest BCUT2D eigenvalue weighted by atomic mass is 28.4. The summed E-state index contributed by atoms with van der Waals surface area (Å²) in [5.41, 5.74) is 2.40. The third kappa shape index (κ3) is 5.38. The SMILES string of the molecule is CO[Si](CCCCCCCc1cnc2ccccc2c1)(OC)OC. The molecule has 0 aliphatic carbocycles. The number of aromatic nitrogens is 1. The Kier molecular flexibility index (Phi) is 7.85. The molecular weight excluding hydrogens is 318 g/mol. The van der Waals surface area contributed by atoms with Gasteiger partial charge in [-0.1, -0.05) is 37.5 Å². The van der Waals surface area contributed by atoms with Crippen LogP contribution in [-0.2, 0) is 19.7 Å². The van der Waals surface area contributed by atoms with Crippen LogP contribution in [0.1, 0.15) is 37.7 Å². The molecule has 0 spiro atoms. The molecule has 5 heteroatoms. The van der Waals surface area contributed by atoms with E-state index in [1.54, 1.807) is 21.3 Å². The van der Waals surface area contributed by atoms with Crippen LogP contribution in [0, 0.1) is 0 Å². The molecule has 0 saturated heterocycles. The highest BCUT2D eigenvalue weighted by Crippen LogP contribution is 2.19. The molecular formula is C19H29NO3Si. The minimum atomic E-state index is -2.37. The summed E-state index contributed by atoms with van der Waals surface area (Å²) in [4.78, 5) is 4.53. The number of hydrogen-bond donors (Lipinski definition) is 0. The third-order valence-electron chi connectivity index (χ3n) is 4.53. The minimum absolute atomic E-state index is 0.894. The lowest BCUT2D eigenvalue weighted by Crippen LogP contribution is -2.42. The fraction of sp³-hybridized carbons (Fsp3) is 0.526. The van der Waals surface area contributed by atoms with Crippen molar-refractivity contribution in [3.8, 4) is 0 Å². The molecule has 2 aromatic rings. The smallest absolute Gasteiger partial charge is 0.377 e. The lowest BCUT2D eigenvalue weighted by atomic mass is 10.1. The van der Waals surface area contributed by atoms with Gasteiger partial charge >= 0.3 is 8.80 Å².